The van der Waals surface area contributed by atoms with E-state index in [-0.39, 0.29) is 11.1 Å². The maximum absolute atomic E-state index is 12.3. The van der Waals surface area contributed by atoms with Crippen LogP contribution in [0, 0.1) is 11.8 Å². The zero-order valence-corrected chi connectivity index (χ0v) is 11.0. The molecule has 0 aromatic carbocycles. The fourth-order valence-corrected chi connectivity index (χ4v) is 4.65. The van der Waals surface area contributed by atoms with Gasteiger partial charge in [0.1, 0.15) is 0 Å². The molecule has 3 atom stereocenters. The maximum Gasteiger partial charge on any atom is 0.276 e. The SMILES string of the molecule is NC1CCCC2CN(S(=O)(=O)c3ccco3)CC12. The minimum absolute atomic E-state index is 0.0368. The summed E-state index contributed by atoms with van der Waals surface area (Å²) in [6.07, 6.45) is 4.59. The van der Waals surface area contributed by atoms with Crippen molar-refractivity contribution < 1.29 is 12.8 Å². The summed E-state index contributed by atoms with van der Waals surface area (Å²) in [5.74, 6) is 0.724. The quantitative estimate of drug-likeness (QED) is 0.870. The van der Waals surface area contributed by atoms with Crippen LogP contribution in [0.5, 0.6) is 0 Å². The number of sulfonamides is 1. The van der Waals surface area contributed by atoms with Gasteiger partial charge < -0.3 is 10.2 Å². The molecule has 1 aliphatic heterocycles. The zero-order valence-electron chi connectivity index (χ0n) is 10.2. The molecule has 2 fully saturated rings. The predicted octanol–water partition coefficient (Wildman–Crippen LogP) is 1.03. The molecule has 2 N–H and O–H groups in total. The van der Waals surface area contributed by atoms with Crippen molar-refractivity contribution in [2.45, 2.75) is 30.4 Å². The van der Waals surface area contributed by atoms with Crippen LogP contribution in [0.4, 0.5) is 0 Å². The predicted molar refractivity (Wildman–Crippen MR) is 66.3 cm³/mol. The third kappa shape index (κ3) is 1.88. The maximum atomic E-state index is 12.3. The highest BCUT2D eigenvalue weighted by Gasteiger charge is 2.43. The van der Waals surface area contributed by atoms with Crippen LogP contribution in [-0.2, 0) is 10.0 Å². The topological polar surface area (TPSA) is 76.5 Å². The molecule has 1 saturated heterocycles. The number of rotatable bonds is 2. The summed E-state index contributed by atoms with van der Waals surface area (Å²) in [5.41, 5.74) is 6.10. The fourth-order valence-electron chi connectivity index (χ4n) is 3.21. The van der Waals surface area contributed by atoms with E-state index >= 15 is 0 Å². The Morgan fingerprint density at radius 3 is 2.83 bits per heavy atom. The van der Waals surface area contributed by atoms with E-state index in [1.165, 1.54) is 16.6 Å². The van der Waals surface area contributed by atoms with E-state index in [2.05, 4.69) is 0 Å². The molecule has 0 radical (unpaired) electrons. The highest BCUT2D eigenvalue weighted by Crippen LogP contribution is 2.37. The van der Waals surface area contributed by atoms with E-state index in [1.54, 1.807) is 6.07 Å². The number of fused-ring (bicyclic) bond motifs is 1. The second kappa shape index (κ2) is 4.36. The third-order valence-electron chi connectivity index (χ3n) is 4.21. The molecule has 18 heavy (non-hydrogen) atoms. The summed E-state index contributed by atoms with van der Waals surface area (Å²) in [6.45, 7) is 1.12. The second-order valence-corrected chi connectivity index (χ2v) is 7.14. The highest BCUT2D eigenvalue weighted by molar-refractivity contribution is 7.89. The normalized spacial score (nSPS) is 33.5. The molecular formula is C12H18N2O3S. The van der Waals surface area contributed by atoms with E-state index in [0.717, 1.165) is 19.3 Å². The molecule has 100 valence electrons. The largest absolute Gasteiger partial charge is 0.452 e. The Balaban J connectivity index is 1.83. The van der Waals surface area contributed by atoms with Crippen LogP contribution < -0.4 is 5.73 Å². The van der Waals surface area contributed by atoms with Gasteiger partial charge in [0, 0.05) is 19.1 Å². The van der Waals surface area contributed by atoms with Crippen LogP contribution >= 0.6 is 0 Å². The molecule has 1 saturated carbocycles. The summed E-state index contributed by atoms with van der Waals surface area (Å²) >= 11 is 0. The van der Waals surface area contributed by atoms with Gasteiger partial charge in [-0.05, 0) is 36.8 Å². The summed E-state index contributed by atoms with van der Waals surface area (Å²) in [6, 6.07) is 3.24. The van der Waals surface area contributed by atoms with Crippen molar-refractivity contribution >= 4 is 10.0 Å². The molecule has 3 unspecified atom stereocenters. The summed E-state index contributed by atoms with van der Waals surface area (Å²) in [7, 11) is -3.47. The van der Waals surface area contributed by atoms with Crippen LogP contribution in [0.3, 0.4) is 0 Å². The van der Waals surface area contributed by atoms with Gasteiger partial charge in [-0.25, -0.2) is 8.42 Å². The first-order valence-corrected chi connectivity index (χ1v) is 7.82. The summed E-state index contributed by atoms with van der Waals surface area (Å²) in [4.78, 5) is 0. The molecule has 1 aromatic heterocycles. The van der Waals surface area contributed by atoms with Gasteiger partial charge in [-0.3, -0.25) is 0 Å². The smallest absolute Gasteiger partial charge is 0.276 e. The second-order valence-electron chi connectivity index (χ2n) is 5.27. The zero-order chi connectivity index (χ0) is 12.8. The Morgan fingerprint density at radius 2 is 2.17 bits per heavy atom. The van der Waals surface area contributed by atoms with Crippen LogP contribution in [0.2, 0.25) is 0 Å². The molecule has 0 spiro atoms. The Kier molecular flexibility index (Phi) is 2.96. The van der Waals surface area contributed by atoms with Crippen molar-refractivity contribution in [2.75, 3.05) is 13.1 Å². The first-order valence-electron chi connectivity index (χ1n) is 6.38. The molecule has 2 aliphatic rings. The summed E-state index contributed by atoms with van der Waals surface area (Å²) < 4.78 is 31.2. The van der Waals surface area contributed by atoms with E-state index < -0.39 is 10.0 Å². The fraction of sp³-hybridized carbons (Fsp3) is 0.667. The van der Waals surface area contributed by atoms with Crippen molar-refractivity contribution in [1.82, 2.24) is 4.31 Å². The molecule has 5 nitrogen and oxygen atoms in total. The Bertz CT molecular complexity index is 511. The number of nitrogens with two attached hydrogens (primary N) is 1. The van der Waals surface area contributed by atoms with Crippen molar-refractivity contribution in [1.29, 1.82) is 0 Å². The Hall–Kier alpha value is -0.850. The van der Waals surface area contributed by atoms with Crippen molar-refractivity contribution in [3.05, 3.63) is 18.4 Å². The van der Waals surface area contributed by atoms with Gasteiger partial charge in [-0.2, -0.15) is 4.31 Å². The molecule has 0 bridgehead atoms. The van der Waals surface area contributed by atoms with Gasteiger partial charge in [0.05, 0.1) is 6.26 Å². The molecule has 6 heteroatoms. The molecule has 3 rings (SSSR count). The lowest BCUT2D eigenvalue weighted by Crippen LogP contribution is -2.38. The monoisotopic (exact) mass is 270 g/mol. The van der Waals surface area contributed by atoms with E-state index in [9.17, 15) is 8.42 Å². The van der Waals surface area contributed by atoms with Gasteiger partial charge >= 0.3 is 0 Å². The van der Waals surface area contributed by atoms with Crippen molar-refractivity contribution in [2.24, 2.45) is 17.6 Å². The Morgan fingerprint density at radius 1 is 1.33 bits per heavy atom. The van der Waals surface area contributed by atoms with Gasteiger partial charge in [0.25, 0.3) is 10.0 Å². The molecule has 1 aromatic rings. The van der Waals surface area contributed by atoms with E-state index in [1.807, 2.05) is 0 Å². The average molecular weight is 270 g/mol. The van der Waals surface area contributed by atoms with Gasteiger partial charge in [-0.1, -0.05) is 6.42 Å². The molecule has 2 heterocycles. The van der Waals surface area contributed by atoms with Crippen LogP contribution in [-0.4, -0.2) is 31.9 Å². The standard InChI is InChI=1S/C12H18N2O3S/c13-11-4-1-3-9-7-14(8-10(9)11)18(15,16)12-5-2-6-17-12/h2,5-6,9-11H,1,3-4,7-8,13H2. The first-order chi connectivity index (χ1) is 8.59. The van der Waals surface area contributed by atoms with Gasteiger partial charge in [-0.15, -0.1) is 0 Å². The van der Waals surface area contributed by atoms with Crippen LogP contribution in [0.25, 0.3) is 0 Å². The van der Waals surface area contributed by atoms with Gasteiger partial charge in [0.15, 0.2) is 0 Å². The van der Waals surface area contributed by atoms with Crippen LogP contribution in [0.15, 0.2) is 27.9 Å². The lowest BCUT2D eigenvalue weighted by Gasteiger charge is -2.29. The van der Waals surface area contributed by atoms with Crippen molar-refractivity contribution in [3.8, 4) is 0 Å². The minimum Gasteiger partial charge on any atom is -0.452 e. The number of hydrogen-bond donors (Lipinski definition) is 1. The van der Waals surface area contributed by atoms with Crippen molar-refractivity contribution in [3.63, 3.8) is 0 Å². The third-order valence-corrected chi connectivity index (χ3v) is 5.93. The average Bonchev–Trinajstić information content (AvgIpc) is 2.99. The lowest BCUT2D eigenvalue weighted by atomic mass is 9.78. The van der Waals surface area contributed by atoms with E-state index in [0.29, 0.717) is 24.9 Å². The number of hydrogen-bond acceptors (Lipinski definition) is 4. The minimum atomic E-state index is -3.47. The number of nitrogens with zero attached hydrogens (tertiary/aromatic N) is 1. The summed E-state index contributed by atoms with van der Waals surface area (Å²) in [5, 5.41) is 0.0368. The molecule has 1 aliphatic carbocycles. The lowest BCUT2D eigenvalue weighted by molar-refractivity contribution is 0.260. The molecular weight excluding hydrogens is 252 g/mol. The highest BCUT2D eigenvalue weighted by atomic mass is 32.2. The molecule has 0 amide bonds. The number of furan rings is 1. The van der Waals surface area contributed by atoms with Crippen LogP contribution in [0.1, 0.15) is 19.3 Å². The Labute approximate surface area is 107 Å². The van der Waals surface area contributed by atoms with Gasteiger partial charge in [0.2, 0.25) is 5.09 Å². The van der Waals surface area contributed by atoms with E-state index in [4.69, 9.17) is 10.2 Å². The first kappa shape index (κ1) is 12.2.